The highest BCUT2D eigenvalue weighted by Crippen LogP contribution is 2.49. The van der Waals surface area contributed by atoms with E-state index >= 15 is 0 Å². The van der Waals surface area contributed by atoms with Gasteiger partial charge in [0.2, 0.25) is 6.79 Å². The fourth-order valence-corrected chi connectivity index (χ4v) is 5.84. The predicted octanol–water partition coefficient (Wildman–Crippen LogP) is 6.42. The van der Waals surface area contributed by atoms with Crippen molar-refractivity contribution < 1.29 is 19.3 Å². The maximum absolute atomic E-state index is 10.5. The molecule has 0 radical (unpaired) electrons. The highest BCUT2D eigenvalue weighted by molar-refractivity contribution is 6.51. The van der Waals surface area contributed by atoms with E-state index in [0.29, 0.717) is 34.7 Å². The van der Waals surface area contributed by atoms with Crippen molar-refractivity contribution in [2.75, 3.05) is 24.1 Å². The molecule has 1 atom stereocenters. The summed E-state index contributed by atoms with van der Waals surface area (Å²) in [5.41, 5.74) is 6.04. The maximum Gasteiger partial charge on any atom is 0.231 e. The quantitative estimate of drug-likeness (QED) is 0.257. The van der Waals surface area contributed by atoms with Crippen LogP contribution in [0, 0.1) is 6.92 Å². The van der Waals surface area contributed by atoms with Crippen LogP contribution in [0.25, 0.3) is 5.69 Å². The van der Waals surface area contributed by atoms with Gasteiger partial charge in [0.25, 0.3) is 0 Å². The van der Waals surface area contributed by atoms with Crippen LogP contribution in [0.15, 0.2) is 101 Å². The number of methoxy groups -OCH3 is 1. The molecule has 4 heterocycles. The summed E-state index contributed by atoms with van der Waals surface area (Å²) in [6, 6.07) is 28.7. The Kier molecular flexibility index (Phi) is 5.61. The lowest BCUT2D eigenvalue weighted by Gasteiger charge is -2.40. The summed E-state index contributed by atoms with van der Waals surface area (Å²) in [6.45, 7) is 2.19. The lowest BCUT2D eigenvalue weighted by atomic mass is 9.93. The number of amidine groups is 2. The molecule has 0 bridgehead atoms. The normalized spacial score (nSPS) is 16.0. The van der Waals surface area contributed by atoms with Crippen LogP contribution in [0.3, 0.4) is 0 Å². The molecule has 0 aliphatic carbocycles. The van der Waals surface area contributed by atoms with E-state index in [0.717, 1.165) is 39.6 Å². The molecule has 0 saturated heterocycles. The molecule has 1 aromatic heterocycles. The van der Waals surface area contributed by atoms with Gasteiger partial charge in [-0.05, 0) is 61.0 Å². The number of aryl methyl sites for hydroxylation is 1. The molecule has 5 aromatic rings. The summed E-state index contributed by atoms with van der Waals surface area (Å²) >= 11 is 0. The van der Waals surface area contributed by atoms with Gasteiger partial charge in [0.15, 0.2) is 40.5 Å². The van der Waals surface area contributed by atoms with Crippen LogP contribution < -0.4 is 24.4 Å². The smallest absolute Gasteiger partial charge is 0.231 e. The fourth-order valence-electron chi connectivity index (χ4n) is 5.84. The Morgan fingerprint density at radius 1 is 0.907 bits per heavy atom. The zero-order valence-corrected chi connectivity index (χ0v) is 23.4. The van der Waals surface area contributed by atoms with Crippen LogP contribution in [0.4, 0.5) is 22.9 Å². The van der Waals surface area contributed by atoms with Gasteiger partial charge < -0.3 is 29.5 Å². The van der Waals surface area contributed by atoms with Crippen molar-refractivity contribution in [3.8, 4) is 28.7 Å². The fraction of sp³-hybridized carbons (Fsp3) is 0.121. The Morgan fingerprint density at radius 2 is 1.72 bits per heavy atom. The van der Waals surface area contributed by atoms with Gasteiger partial charge in [0, 0.05) is 17.3 Å². The minimum atomic E-state index is -0.361. The van der Waals surface area contributed by atoms with Crippen molar-refractivity contribution in [1.82, 2.24) is 9.78 Å². The number of rotatable bonds is 4. The van der Waals surface area contributed by atoms with Gasteiger partial charge in [0.05, 0.1) is 35.9 Å². The van der Waals surface area contributed by atoms with Crippen molar-refractivity contribution >= 4 is 34.6 Å². The summed E-state index contributed by atoms with van der Waals surface area (Å²) in [5, 5.41) is 18.9. The van der Waals surface area contributed by atoms with Crippen molar-refractivity contribution in [3.05, 3.63) is 108 Å². The molecule has 0 saturated carbocycles. The van der Waals surface area contributed by atoms with E-state index in [1.807, 2.05) is 96.5 Å². The number of nitrogens with one attached hydrogen (secondary N) is 1. The molecule has 4 aromatic carbocycles. The lowest BCUT2D eigenvalue weighted by molar-refractivity contribution is 0.174. The van der Waals surface area contributed by atoms with Crippen molar-refractivity contribution in [3.63, 3.8) is 0 Å². The van der Waals surface area contributed by atoms with Crippen LogP contribution in [0.5, 0.6) is 23.0 Å². The highest BCUT2D eigenvalue weighted by Gasteiger charge is 2.41. The summed E-state index contributed by atoms with van der Waals surface area (Å²) in [7, 11) is 1.55. The Morgan fingerprint density at radius 3 is 2.58 bits per heavy atom. The first kappa shape index (κ1) is 25.0. The number of hydrogen-bond donors (Lipinski definition) is 2. The van der Waals surface area contributed by atoms with Gasteiger partial charge in [0.1, 0.15) is 0 Å². The Hall–Kier alpha value is -5.77. The molecule has 2 N–H and O–H groups in total. The second-order valence-corrected chi connectivity index (χ2v) is 10.4. The van der Waals surface area contributed by atoms with Crippen LogP contribution in [-0.2, 0) is 0 Å². The van der Waals surface area contributed by atoms with E-state index in [9.17, 15) is 5.11 Å². The summed E-state index contributed by atoms with van der Waals surface area (Å²) in [6.07, 6.45) is 0. The van der Waals surface area contributed by atoms with E-state index in [1.54, 1.807) is 13.2 Å². The molecule has 43 heavy (non-hydrogen) atoms. The number of hydrogen-bond acceptors (Lipinski definition) is 9. The first-order valence-electron chi connectivity index (χ1n) is 13.8. The molecule has 3 aliphatic heterocycles. The maximum atomic E-state index is 10.5. The number of ether oxygens (including phenoxy) is 3. The van der Waals surface area contributed by atoms with Crippen LogP contribution in [0.2, 0.25) is 0 Å². The molecule has 0 amide bonds. The van der Waals surface area contributed by atoms with E-state index in [1.165, 1.54) is 0 Å². The third kappa shape index (κ3) is 3.98. The van der Waals surface area contributed by atoms with Gasteiger partial charge in [-0.25, -0.2) is 14.7 Å². The third-order valence-electron chi connectivity index (χ3n) is 7.79. The van der Waals surface area contributed by atoms with Gasteiger partial charge in [-0.3, -0.25) is 0 Å². The number of phenols is 1. The number of nitrogens with zero attached hydrogens (tertiary/aromatic N) is 5. The first-order chi connectivity index (χ1) is 21.1. The summed E-state index contributed by atoms with van der Waals surface area (Å²) in [5.74, 6) is 3.71. The Bertz CT molecular complexity index is 1970. The second kappa shape index (κ2) is 9.66. The van der Waals surface area contributed by atoms with Gasteiger partial charge in [-0.15, -0.1) is 0 Å². The minimum Gasteiger partial charge on any atom is -0.504 e. The zero-order valence-electron chi connectivity index (χ0n) is 23.4. The average molecular weight is 571 g/mol. The predicted molar refractivity (Wildman–Crippen MR) is 164 cm³/mol. The largest absolute Gasteiger partial charge is 0.504 e. The van der Waals surface area contributed by atoms with E-state index < -0.39 is 0 Å². The number of benzene rings is 4. The van der Waals surface area contributed by atoms with Crippen molar-refractivity contribution in [2.45, 2.75) is 13.0 Å². The number of phenolic OH excluding ortho intramolecular Hbond substituents is 1. The number of anilines is 2. The summed E-state index contributed by atoms with van der Waals surface area (Å²) in [4.78, 5) is 12.5. The number of aromatic hydroxyl groups is 1. The number of aromatic nitrogens is 2. The molecule has 8 rings (SSSR count). The first-order valence-corrected chi connectivity index (χ1v) is 13.8. The molecule has 3 aliphatic rings. The van der Waals surface area contributed by atoms with E-state index in [4.69, 9.17) is 29.3 Å². The molecule has 10 heteroatoms. The number of para-hydroxylation sites is 3. The van der Waals surface area contributed by atoms with Crippen LogP contribution in [0.1, 0.15) is 22.9 Å². The minimum absolute atomic E-state index is 0.0682. The number of fused-ring (bicyclic) bond motifs is 5. The van der Waals surface area contributed by atoms with Crippen LogP contribution >= 0.6 is 0 Å². The molecular formula is C33H26N6O4. The monoisotopic (exact) mass is 570 g/mol. The molecular weight excluding hydrogens is 544 g/mol. The Labute approximate surface area is 247 Å². The van der Waals surface area contributed by atoms with Gasteiger partial charge in [-0.1, -0.05) is 36.4 Å². The molecule has 10 nitrogen and oxygen atoms in total. The number of aliphatic imine (C=N–C) groups is 2. The summed E-state index contributed by atoms with van der Waals surface area (Å²) < 4.78 is 18.5. The standard InChI is InChI=1S/C33H26N6O4/c1-19-29-30(20-12-14-25(40)27(16-20)41-2)38-24-11-7-6-10-23(24)35-31(34-21-13-15-26-28(17-21)43-18-42-26)33(38)36-32(29)39(37-19)22-8-4-3-5-9-22/h3-17,30,40H,18H2,1-2H3,(H,34,35)/t30-/m0/s1. The van der Waals surface area contributed by atoms with Crippen molar-refractivity contribution in [1.29, 1.82) is 0 Å². The average Bonchev–Trinajstić information content (AvgIpc) is 3.65. The van der Waals surface area contributed by atoms with Crippen LogP contribution in [-0.4, -0.2) is 40.5 Å². The second-order valence-electron chi connectivity index (χ2n) is 10.4. The SMILES string of the molecule is COc1cc([C@H]2c3c(C)nn(-c4ccccc4)c3N=C3C(Nc4ccc5c(c4)OCO5)=Nc4ccccc4N32)ccc1O. The lowest BCUT2D eigenvalue weighted by Crippen LogP contribution is -2.46. The molecule has 0 fully saturated rings. The van der Waals surface area contributed by atoms with E-state index in [2.05, 4.69) is 10.2 Å². The highest BCUT2D eigenvalue weighted by atomic mass is 16.7. The topological polar surface area (TPSA) is 106 Å². The zero-order chi connectivity index (χ0) is 29.1. The van der Waals surface area contributed by atoms with E-state index in [-0.39, 0.29) is 18.6 Å². The Balaban J connectivity index is 1.37. The molecule has 212 valence electrons. The van der Waals surface area contributed by atoms with Gasteiger partial charge in [-0.2, -0.15) is 5.10 Å². The molecule has 0 unspecified atom stereocenters. The van der Waals surface area contributed by atoms with Crippen molar-refractivity contribution in [2.24, 2.45) is 9.98 Å². The molecule has 0 spiro atoms. The third-order valence-corrected chi connectivity index (χ3v) is 7.79. The van der Waals surface area contributed by atoms with Gasteiger partial charge >= 0.3 is 0 Å².